The lowest BCUT2D eigenvalue weighted by Crippen LogP contribution is -2.34. The quantitative estimate of drug-likeness (QED) is 0.0492. The van der Waals surface area contributed by atoms with Crippen LogP contribution in [-0.4, -0.2) is 67.7 Å². The number of rotatable bonds is 41. The van der Waals surface area contributed by atoms with Gasteiger partial charge in [-0.05, 0) is 83.7 Å². The Morgan fingerprint density at radius 1 is 0.547 bits per heavy atom. The van der Waals surface area contributed by atoms with Crippen LogP contribution >= 0.6 is 0 Å². The van der Waals surface area contributed by atoms with E-state index in [-0.39, 0.29) is 17.5 Å². The van der Waals surface area contributed by atoms with Gasteiger partial charge in [-0.2, -0.15) is 0 Å². The van der Waals surface area contributed by atoms with Gasteiger partial charge in [-0.3, -0.25) is 4.79 Å². The van der Waals surface area contributed by atoms with Crippen molar-refractivity contribution in [2.24, 2.45) is 5.41 Å². The molecule has 0 bridgehead atoms. The average Bonchev–Trinajstić information content (AvgIpc) is 3.94. The van der Waals surface area contributed by atoms with Crippen molar-refractivity contribution in [1.29, 1.82) is 0 Å². The molecule has 1 aliphatic carbocycles. The highest BCUT2D eigenvalue weighted by atomic mass is 16.7. The minimum absolute atomic E-state index is 0.0159. The fraction of sp³-hybridized carbons (Fsp3) is 0.957. The molecule has 0 aromatic rings. The average molecular weight is 752 g/mol. The van der Waals surface area contributed by atoms with Crippen LogP contribution < -0.4 is 0 Å². The van der Waals surface area contributed by atoms with Gasteiger partial charge in [0.1, 0.15) is 6.10 Å². The van der Waals surface area contributed by atoms with Gasteiger partial charge < -0.3 is 24.2 Å². The fourth-order valence-corrected chi connectivity index (χ4v) is 7.44. The van der Waals surface area contributed by atoms with E-state index in [0.29, 0.717) is 26.2 Å². The summed E-state index contributed by atoms with van der Waals surface area (Å²) in [6, 6.07) is 0. The predicted molar refractivity (Wildman–Crippen MR) is 223 cm³/mol. The van der Waals surface area contributed by atoms with E-state index in [9.17, 15) is 14.7 Å². The van der Waals surface area contributed by atoms with Crippen LogP contribution in [-0.2, 0) is 19.0 Å². The van der Waals surface area contributed by atoms with Crippen LogP contribution in [0.15, 0.2) is 0 Å². The Bertz CT molecular complexity index is 802. The van der Waals surface area contributed by atoms with E-state index in [4.69, 9.17) is 14.2 Å². The second-order valence-corrected chi connectivity index (χ2v) is 16.7. The van der Waals surface area contributed by atoms with Gasteiger partial charge in [0, 0.05) is 25.0 Å². The van der Waals surface area contributed by atoms with Gasteiger partial charge in [-0.1, -0.05) is 156 Å². The van der Waals surface area contributed by atoms with Crippen molar-refractivity contribution < 1.29 is 28.9 Å². The lowest BCUT2D eigenvalue weighted by molar-refractivity contribution is -0.150. The first-order valence-electron chi connectivity index (χ1n) is 23.3. The Morgan fingerprint density at radius 2 is 0.943 bits per heavy atom. The largest absolute Gasteiger partial charge is 0.508 e. The Kier molecular flexibility index (Phi) is 34.0. The number of unbranched alkanes of at least 4 members (excludes halogenated alkanes) is 23. The molecular weight excluding hydrogens is 663 g/mol. The van der Waals surface area contributed by atoms with E-state index in [2.05, 4.69) is 25.7 Å². The maximum atomic E-state index is 12.8. The molecule has 0 spiro atoms. The van der Waals surface area contributed by atoms with Gasteiger partial charge in [0.15, 0.2) is 0 Å². The third-order valence-electron chi connectivity index (χ3n) is 11.3. The van der Waals surface area contributed by atoms with Gasteiger partial charge in [-0.15, -0.1) is 0 Å². The number of aliphatic hydroxyl groups excluding tert-OH is 1. The number of carbonyl (C=O) groups excluding carboxylic acids is 2. The number of hydrogen-bond donors (Lipinski definition) is 1. The van der Waals surface area contributed by atoms with Crippen molar-refractivity contribution in [2.45, 2.75) is 239 Å². The lowest BCUT2D eigenvalue weighted by atomic mass is 10.0. The summed E-state index contributed by atoms with van der Waals surface area (Å²) < 4.78 is 16.5. The summed E-state index contributed by atoms with van der Waals surface area (Å²) in [4.78, 5) is 27.2. The highest BCUT2D eigenvalue weighted by Crippen LogP contribution is 2.45. The molecule has 1 rings (SSSR count). The third-order valence-corrected chi connectivity index (χ3v) is 11.3. The number of nitrogens with zero attached hydrogens (tertiary/aromatic N) is 1. The molecule has 0 saturated heterocycles. The van der Waals surface area contributed by atoms with Crippen LogP contribution in [0.25, 0.3) is 0 Å². The van der Waals surface area contributed by atoms with Crippen molar-refractivity contribution in [3.05, 3.63) is 0 Å². The van der Waals surface area contributed by atoms with Crippen LogP contribution in [0.2, 0.25) is 0 Å². The first-order valence-corrected chi connectivity index (χ1v) is 23.3. The Morgan fingerprint density at radius 3 is 1.38 bits per heavy atom. The number of carbonyl (C=O) groups is 2. The molecule has 314 valence electrons. The molecule has 0 atom stereocenters. The zero-order valence-electron chi connectivity index (χ0n) is 35.6. The number of hydrogen-bond acceptors (Lipinski definition) is 7. The summed E-state index contributed by atoms with van der Waals surface area (Å²) >= 11 is 0. The SMILES string of the molecule is CCCCCCCCCOC(=O)OCCCCCCN(CCCCCCCC(=O)OC(CCCCCCCC)CCCCCCCC)CC1(CO)CC1. The van der Waals surface area contributed by atoms with Crippen LogP contribution in [0.4, 0.5) is 4.79 Å². The molecule has 0 aliphatic heterocycles. The van der Waals surface area contributed by atoms with Gasteiger partial charge in [0.25, 0.3) is 0 Å². The lowest BCUT2D eigenvalue weighted by Gasteiger charge is -2.26. The van der Waals surface area contributed by atoms with E-state index >= 15 is 0 Å². The van der Waals surface area contributed by atoms with Gasteiger partial charge >= 0.3 is 12.1 Å². The van der Waals surface area contributed by atoms with E-state index in [1.807, 2.05) is 0 Å². The van der Waals surface area contributed by atoms with Crippen LogP contribution in [0.5, 0.6) is 0 Å². The van der Waals surface area contributed by atoms with Crippen LogP contribution in [0.1, 0.15) is 233 Å². The molecule has 53 heavy (non-hydrogen) atoms. The first kappa shape index (κ1) is 49.7. The number of ether oxygens (including phenoxy) is 3. The van der Waals surface area contributed by atoms with Crippen molar-refractivity contribution in [3.63, 3.8) is 0 Å². The monoisotopic (exact) mass is 752 g/mol. The second-order valence-electron chi connectivity index (χ2n) is 16.7. The number of esters is 1. The molecule has 0 amide bonds. The van der Waals surface area contributed by atoms with Gasteiger partial charge in [0.2, 0.25) is 0 Å². The Balaban J connectivity index is 2.19. The summed E-state index contributed by atoms with van der Waals surface area (Å²) in [5.41, 5.74) is 0.131. The van der Waals surface area contributed by atoms with Crippen molar-refractivity contribution in [2.75, 3.05) is 39.5 Å². The minimum Gasteiger partial charge on any atom is -0.462 e. The summed E-state index contributed by atoms with van der Waals surface area (Å²) in [5.74, 6) is 0.0159. The highest BCUT2D eigenvalue weighted by molar-refractivity contribution is 5.69. The molecule has 1 saturated carbocycles. The molecule has 1 aliphatic rings. The van der Waals surface area contributed by atoms with Crippen LogP contribution in [0.3, 0.4) is 0 Å². The maximum Gasteiger partial charge on any atom is 0.508 e. The topological polar surface area (TPSA) is 85.3 Å². The maximum absolute atomic E-state index is 12.8. The molecule has 7 nitrogen and oxygen atoms in total. The van der Waals surface area contributed by atoms with E-state index < -0.39 is 6.16 Å². The molecule has 0 heterocycles. The van der Waals surface area contributed by atoms with Gasteiger partial charge in [-0.25, -0.2) is 4.79 Å². The van der Waals surface area contributed by atoms with E-state index in [0.717, 1.165) is 103 Å². The fourth-order valence-electron chi connectivity index (χ4n) is 7.44. The summed E-state index contributed by atoms with van der Waals surface area (Å²) in [6.45, 7) is 11.1. The Labute approximate surface area is 328 Å². The minimum atomic E-state index is -0.521. The molecule has 7 heteroatoms. The van der Waals surface area contributed by atoms with E-state index in [1.165, 1.54) is 122 Å². The summed E-state index contributed by atoms with van der Waals surface area (Å²) in [7, 11) is 0. The van der Waals surface area contributed by atoms with Crippen molar-refractivity contribution >= 4 is 12.1 Å². The summed E-state index contributed by atoms with van der Waals surface area (Å²) in [6.07, 6.45) is 38.0. The highest BCUT2D eigenvalue weighted by Gasteiger charge is 2.43. The zero-order chi connectivity index (χ0) is 38.5. The van der Waals surface area contributed by atoms with E-state index in [1.54, 1.807) is 0 Å². The zero-order valence-corrected chi connectivity index (χ0v) is 35.6. The molecule has 1 fully saturated rings. The Hall–Kier alpha value is -1.34. The molecular formula is C46H89NO6. The predicted octanol–water partition coefficient (Wildman–Crippen LogP) is 13.3. The number of aliphatic hydroxyl groups is 1. The second kappa shape index (κ2) is 36.3. The molecule has 0 aromatic carbocycles. The standard InChI is InChI=1S/C46H89NO6/c1-4-7-10-13-16-23-30-39-51-45(50)52-40-31-24-22-29-38-47(41-46(42-48)35-36-46)37-28-21-17-20-27-34-44(49)53-43(32-25-18-14-11-8-5-2)33-26-19-15-12-9-6-3/h43,48H,4-42H2,1-3H3. The first-order chi connectivity index (χ1) is 26.0. The molecule has 1 N–H and O–H groups in total. The van der Waals surface area contributed by atoms with Crippen molar-refractivity contribution in [1.82, 2.24) is 4.90 Å². The summed E-state index contributed by atoms with van der Waals surface area (Å²) in [5, 5.41) is 9.96. The molecule has 0 radical (unpaired) electrons. The molecule has 0 unspecified atom stereocenters. The van der Waals surface area contributed by atoms with Crippen molar-refractivity contribution in [3.8, 4) is 0 Å². The van der Waals surface area contributed by atoms with Crippen LogP contribution in [0, 0.1) is 5.41 Å². The third kappa shape index (κ3) is 31.6. The van der Waals surface area contributed by atoms with Gasteiger partial charge in [0.05, 0.1) is 13.2 Å². The smallest absolute Gasteiger partial charge is 0.462 e. The normalized spacial score (nSPS) is 13.5. The molecule has 0 aromatic heterocycles.